The van der Waals surface area contributed by atoms with Crippen molar-refractivity contribution >= 4 is 66.1 Å². The van der Waals surface area contributed by atoms with Crippen molar-refractivity contribution in [2.45, 2.75) is 0 Å². The van der Waals surface area contributed by atoms with Gasteiger partial charge in [-0.05, 0) is 86.3 Å². The summed E-state index contributed by atoms with van der Waals surface area (Å²) in [5.41, 5.74) is 12.0. The zero-order chi connectivity index (χ0) is 35.8. The van der Waals surface area contributed by atoms with Crippen molar-refractivity contribution in [1.82, 2.24) is 15.0 Å². The molecule has 4 nitrogen and oxygen atoms in total. The zero-order valence-corrected chi connectivity index (χ0v) is 31.2. The second-order valence-electron chi connectivity index (χ2n) is 13.2. The number of halogens is 1. The molecule has 0 aliphatic carbocycles. The number of fused-ring (bicyclic) bond motifs is 4. The lowest BCUT2D eigenvalue weighted by Gasteiger charge is -2.17. The van der Waals surface area contributed by atoms with Gasteiger partial charge in [0.25, 0.3) is 0 Å². The topological polar surface area (TPSA) is 51.0 Å². The van der Waals surface area contributed by atoms with Gasteiger partial charge in [-0.3, -0.25) is 9.97 Å². The Bertz CT molecular complexity index is 2930. The molecule has 4 heterocycles. The van der Waals surface area contributed by atoms with E-state index in [1.54, 1.807) is 6.20 Å². The predicted octanol–water partition coefficient (Wildman–Crippen LogP) is 12.3. The molecule has 5 heteroatoms. The second kappa shape index (κ2) is 13.8. The molecule has 0 N–H and O–H groups in total. The van der Waals surface area contributed by atoms with Crippen LogP contribution in [-0.4, -0.2) is 22.2 Å². The van der Waals surface area contributed by atoms with Crippen LogP contribution in [-0.2, 0) is 0 Å². The molecule has 0 radical (unpaired) electrons. The van der Waals surface area contributed by atoms with E-state index in [1.165, 1.54) is 52.7 Å². The Labute approximate surface area is 323 Å². The lowest BCUT2D eigenvalue weighted by atomic mass is 9.91. The van der Waals surface area contributed by atoms with Gasteiger partial charge in [0.1, 0.15) is 3.72 Å². The Morgan fingerprint density at radius 3 is 1.87 bits per heavy atom. The van der Waals surface area contributed by atoms with Crippen LogP contribution in [0.2, 0.25) is 0 Å². The summed E-state index contributed by atoms with van der Waals surface area (Å²) in [5, 5.41) is 5.98. The Morgan fingerprint density at radius 1 is 0.444 bits per heavy atom. The molecule has 6 aromatic carbocycles. The largest absolute Gasteiger partial charge is 0.264 e. The number of allylic oxidation sites excluding steroid dienone is 1. The predicted molar refractivity (Wildman–Crippen MR) is 234 cm³/mol. The van der Waals surface area contributed by atoms with Crippen molar-refractivity contribution < 1.29 is 0 Å². The highest BCUT2D eigenvalue weighted by Gasteiger charge is 2.19. The van der Waals surface area contributed by atoms with E-state index in [1.807, 2.05) is 30.7 Å². The third kappa shape index (κ3) is 5.93. The summed E-state index contributed by atoms with van der Waals surface area (Å²) < 4.78 is 2.42. The molecule has 0 saturated heterocycles. The minimum atomic E-state index is -0.601. The molecule has 1 aliphatic rings. The van der Waals surface area contributed by atoms with Gasteiger partial charge >= 0.3 is 0 Å². The van der Waals surface area contributed by atoms with Crippen molar-refractivity contribution in [2.75, 3.05) is 0 Å². The maximum atomic E-state index is 5.33. The highest BCUT2D eigenvalue weighted by molar-refractivity contribution is 14.2. The molecule has 9 aromatic rings. The molecule has 0 bridgehead atoms. The fourth-order valence-electron chi connectivity index (χ4n) is 7.39. The quantitative estimate of drug-likeness (QED) is 0.124. The minimum Gasteiger partial charge on any atom is -0.264 e. The molecule has 54 heavy (non-hydrogen) atoms. The van der Waals surface area contributed by atoms with E-state index in [0.717, 1.165) is 42.9 Å². The number of pyridine rings is 3. The molecular weight excluding hydrogens is 771 g/mol. The Morgan fingerprint density at radius 2 is 1.09 bits per heavy atom. The van der Waals surface area contributed by atoms with E-state index in [2.05, 4.69) is 162 Å². The molecule has 0 saturated carbocycles. The van der Waals surface area contributed by atoms with Crippen LogP contribution in [0.4, 0.5) is 0 Å². The Balaban J connectivity index is 1.14. The first kappa shape index (κ1) is 32.2. The van der Waals surface area contributed by atoms with Crippen LogP contribution in [0.3, 0.4) is 0 Å². The summed E-state index contributed by atoms with van der Waals surface area (Å²) >= 11 is -0.601. The van der Waals surface area contributed by atoms with Gasteiger partial charge in [0.15, 0.2) is 0 Å². The number of nitrogens with zero attached hydrogens (tertiary/aromatic N) is 4. The summed E-state index contributed by atoms with van der Waals surface area (Å²) in [6.45, 7) is 0. The third-order valence-electron chi connectivity index (χ3n) is 9.97. The summed E-state index contributed by atoms with van der Waals surface area (Å²) in [4.78, 5) is 19.4. The number of benzene rings is 6. The van der Waals surface area contributed by atoms with E-state index >= 15 is 0 Å². The molecule has 0 atom stereocenters. The maximum absolute atomic E-state index is 5.33. The lowest BCUT2D eigenvalue weighted by Crippen LogP contribution is -2.05. The summed E-state index contributed by atoms with van der Waals surface area (Å²) in [6.07, 6.45) is 9.71. The Kier molecular flexibility index (Phi) is 8.26. The van der Waals surface area contributed by atoms with Crippen LogP contribution in [0.5, 0.6) is 0 Å². The van der Waals surface area contributed by atoms with Crippen molar-refractivity contribution in [3.8, 4) is 33.5 Å². The van der Waals surface area contributed by atoms with Crippen LogP contribution in [0, 0.1) is 0 Å². The lowest BCUT2D eigenvalue weighted by molar-refractivity contribution is 1.30. The molecule has 0 amide bonds. The van der Waals surface area contributed by atoms with Gasteiger partial charge in [-0.15, -0.1) is 0 Å². The smallest absolute Gasteiger partial charge is 0.104 e. The third-order valence-corrected chi connectivity index (χ3v) is 12.8. The fraction of sp³-hybridized carbons (Fsp3) is 0. The standard InChI is InChI=1S/C49H31IN4/c1-2-12-33(13-3-1)46-28-43(48-39-18-5-4-11-32(39)21-24-45(48)53-46)35-15-8-14-34(27-35)38-22-23-42(41-20-7-6-19-40(38)41)49-50-44(36-16-9-25-51-30-36)29-47(54-49)37-17-10-26-52-31-37/h1-31H. The van der Waals surface area contributed by atoms with Crippen molar-refractivity contribution in [3.05, 3.63) is 205 Å². The first-order chi connectivity index (χ1) is 26.8. The summed E-state index contributed by atoms with van der Waals surface area (Å²) in [6, 6.07) is 56.2. The second-order valence-corrected chi connectivity index (χ2v) is 16.0. The molecule has 0 unspecified atom stereocenters. The van der Waals surface area contributed by atoms with Crippen LogP contribution in [0.15, 0.2) is 194 Å². The zero-order valence-electron chi connectivity index (χ0n) is 29.1. The highest BCUT2D eigenvalue weighted by Crippen LogP contribution is 2.40. The number of rotatable bonds is 6. The van der Waals surface area contributed by atoms with Gasteiger partial charge in [0.2, 0.25) is 0 Å². The van der Waals surface area contributed by atoms with Gasteiger partial charge in [-0.25, -0.2) is 9.98 Å². The molecule has 1 aliphatic heterocycles. The van der Waals surface area contributed by atoms with Crippen LogP contribution in [0.1, 0.15) is 16.7 Å². The average molecular weight is 803 g/mol. The molecule has 0 fully saturated rings. The van der Waals surface area contributed by atoms with E-state index in [9.17, 15) is 0 Å². The van der Waals surface area contributed by atoms with E-state index in [-0.39, 0.29) is 0 Å². The average Bonchev–Trinajstić information content (AvgIpc) is 3.26. The minimum absolute atomic E-state index is 0.601. The number of aliphatic imine (C=N–C) groups is 1. The van der Waals surface area contributed by atoms with Crippen LogP contribution < -0.4 is 0 Å². The van der Waals surface area contributed by atoms with Crippen molar-refractivity contribution in [3.63, 3.8) is 0 Å². The molecule has 10 rings (SSSR count). The van der Waals surface area contributed by atoms with Gasteiger partial charge < -0.3 is 0 Å². The first-order valence-corrected chi connectivity index (χ1v) is 20.1. The SMILES string of the molecule is C1=C(c2cccnc2)N=C(c2ccc(-c3cccc(-c4cc(-c5ccccc5)nc5ccc6ccccc6c45)c3)c3ccccc23)I=C1c1cccnc1. The van der Waals surface area contributed by atoms with Crippen molar-refractivity contribution in [2.24, 2.45) is 4.99 Å². The van der Waals surface area contributed by atoms with E-state index in [4.69, 9.17) is 9.98 Å². The maximum Gasteiger partial charge on any atom is 0.104 e. The summed E-state index contributed by atoms with van der Waals surface area (Å²) in [5.74, 6) is 0. The van der Waals surface area contributed by atoms with E-state index in [0.29, 0.717) is 0 Å². The Hall–Kier alpha value is -6.44. The molecule has 0 spiro atoms. The van der Waals surface area contributed by atoms with Crippen molar-refractivity contribution in [1.29, 1.82) is 0 Å². The number of aromatic nitrogens is 3. The number of hydrogen-bond acceptors (Lipinski definition) is 4. The first-order valence-electron chi connectivity index (χ1n) is 17.9. The normalized spacial score (nSPS) is 12.9. The van der Waals surface area contributed by atoms with E-state index < -0.39 is 20.7 Å². The molecule has 254 valence electrons. The van der Waals surface area contributed by atoms with Gasteiger partial charge in [0, 0.05) is 55.9 Å². The monoisotopic (exact) mass is 802 g/mol. The van der Waals surface area contributed by atoms with Gasteiger partial charge in [0.05, 0.1) is 16.9 Å². The van der Waals surface area contributed by atoms with Gasteiger partial charge in [-0.2, -0.15) is 0 Å². The fourth-order valence-corrected chi connectivity index (χ4v) is 10.2. The van der Waals surface area contributed by atoms with Gasteiger partial charge in [-0.1, -0.05) is 142 Å². The summed E-state index contributed by atoms with van der Waals surface area (Å²) in [7, 11) is 0. The van der Waals surface area contributed by atoms with Crippen LogP contribution in [0.25, 0.3) is 71.7 Å². The highest BCUT2D eigenvalue weighted by atomic mass is 127. The van der Waals surface area contributed by atoms with Crippen LogP contribution >= 0.6 is 20.7 Å². The number of hydrogen-bond donors (Lipinski definition) is 0. The molecular formula is C49H31IN4. The molecule has 3 aromatic heterocycles.